The summed E-state index contributed by atoms with van der Waals surface area (Å²) >= 11 is 5.82. The van der Waals surface area contributed by atoms with Crippen LogP contribution in [0.2, 0.25) is 5.02 Å². The minimum Gasteiger partial charge on any atom is -0.261 e. The van der Waals surface area contributed by atoms with E-state index in [4.69, 9.17) is 11.6 Å². The maximum atomic E-state index is 12.4. The molecule has 0 aliphatic carbocycles. The van der Waals surface area contributed by atoms with Crippen LogP contribution < -0.4 is 0 Å². The van der Waals surface area contributed by atoms with Crippen LogP contribution in [0.3, 0.4) is 0 Å². The lowest BCUT2D eigenvalue weighted by Crippen LogP contribution is -2.05. The van der Waals surface area contributed by atoms with Crippen molar-refractivity contribution in [2.24, 2.45) is 0 Å². The molecule has 0 aliphatic heterocycles. The van der Waals surface area contributed by atoms with Gasteiger partial charge in [0.05, 0.1) is 16.3 Å². The molecule has 0 spiro atoms. The van der Waals surface area contributed by atoms with E-state index in [2.05, 4.69) is 9.97 Å². The van der Waals surface area contributed by atoms with Gasteiger partial charge in [0.25, 0.3) is 0 Å². The first-order valence-corrected chi connectivity index (χ1v) is 5.41. The molecule has 94 valence electrons. The Bertz CT molecular complexity index is 565. The second kappa shape index (κ2) is 4.57. The minimum atomic E-state index is -4.44. The lowest BCUT2D eigenvalue weighted by molar-refractivity contribution is -0.137. The van der Waals surface area contributed by atoms with Gasteiger partial charge >= 0.3 is 6.18 Å². The highest BCUT2D eigenvalue weighted by Crippen LogP contribution is 2.33. The summed E-state index contributed by atoms with van der Waals surface area (Å²) < 4.78 is 37.3. The first kappa shape index (κ1) is 12.8. The highest BCUT2D eigenvalue weighted by Gasteiger charge is 2.31. The fourth-order valence-corrected chi connectivity index (χ4v) is 1.69. The molecule has 0 atom stereocenters. The molecule has 0 saturated heterocycles. The van der Waals surface area contributed by atoms with Crippen LogP contribution in [0, 0.1) is 6.92 Å². The number of hydrogen-bond donors (Lipinski definition) is 0. The van der Waals surface area contributed by atoms with Gasteiger partial charge in [-0.1, -0.05) is 11.6 Å². The summed E-state index contributed by atoms with van der Waals surface area (Å²) in [6, 6.07) is 4.32. The molecule has 0 unspecified atom stereocenters. The van der Waals surface area contributed by atoms with Gasteiger partial charge in [-0.15, -0.1) is 0 Å². The van der Waals surface area contributed by atoms with Gasteiger partial charge in [0.15, 0.2) is 0 Å². The molecule has 2 nitrogen and oxygen atoms in total. The van der Waals surface area contributed by atoms with Gasteiger partial charge in [-0.2, -0.15) is 13.2 Å². The predicted octanol–water partition coefficient (Wildman–Crippen LogP) is 4.12. The molecule has 0 bridgehead atoms. The first-order valence-electron chi connectivity index (χ1n) is 5.03. The Morgan fingerprint density at radius 2 is 1.83 bits per heavy atom. The number of aryl methyl sites for hydroxylation is 1. The second-order valence-corrected chi connectivity index (χ2v) is 4.15. The van der Waals surface area contributed by atoms with Crippen LogP contribution in [-0.4, -0.2) is 9.97 Å². The number of rotatable bonds is 1. The van der Waals surface area contributed by atoms with Crippen molar-refractivity contribution in [1.29, 1.82) is 0 Å². The number of nitrogens with zero attached hydrogens (tertiary/aromatic N) is 2. The molecule has 2 aromatic rings. The average Bonchev–Trinajstić information content (AvgIpc) is 2.29. The van der Waals surface area contributed by atoms with Gasteiger partial charge < -0.3 is 0 Å². The van der Waals surface area contributed by atoms with Gasteiger partial charge in [-0.25, -0.2) is 0 Å². The van der Waals surface area contributed by atoms with E-state index in [0.717, 1.165) is 18.0 Å². The van der Waals surface area contributed by atoms with Gasteiger partial charge in [-0.05, 0) is 25.1 Å². The van der Waals surface area contributed by atoms with E-state index in [1.54, 1.807) is 12.1 Å². The van der Waals surface area contributed by atoms with Crippen LogP contribution in [0.25, 0.3) is 11.3 Å². The quantitative estimate of drug-likeness (QED) is 0.780. The third kappa shape index (κ3) is 2.61. The predicted molar refractivity (Wildman–Crippen MR) is 62.2 cm³/mol. The van der Waals surface area contributed by atoms with Crippen LogP contribution in [0.4, 0.5) is 13.2 Å². The van der Waals surface area contributed by atoms with Crippen molar-refractivity contribution in [2.45, 2.75) is 13.1 Å². The van der Waals surface area contributed by atoms with E-state index in [-0.39, 0.29) is 10.7 Å². The van der Waals surface area contributed by atoms with E-state index < -0.39 is 11.7 Å². The summed E-state index contributed by atoms with van der Waals surface area (Å²) in [7, 11) is 0. The summed E-state index contributed by atoms with van der Waals surface area (Å²) in [6.07, 6.45) is -2.15. The summed E-state index contributed by atoms with van der Waals surface area (Å²) in [4.78, 5) is 7.80. The molecule has 2 heterocycles. The van der Waals surface area contributed by atoms with E-state index in [0.29, 0.717) is 5.56 Å². The van der Waals surface area contributed by atoms with Gasteiger partial charge in [0, 0.05) is 23.7 Å². The molecule has 0 radical (unpaired) electrons. The Kier molecular flexibility index (Phi) is 3.26. The molecule has 0 aromatic carbocycles. The zero-order chi connectivity index (χ0) is 13.3. The SMILES string of the molecule is Cc1ccc(-c2ncc(C(F)(F)F)cc2Cl)cn1. The van der Waals surface area contributed by atoms with E-state index in [1.807, 2.05) is 6.92 Å². The normalized spacial score (nSPS) is 11.6. The van der Waals surface area contributed by atoms with E-state index in [1.165, 1.54) is 6.20 Å². The summed E-state index contributed by atoms with van der Waals surface area (Å²) in [5, 5.41) is -0.0459. The van der Waals surface area contributed by atoms with Crippen LogP contribution in [0.15, 0.2) is 30.6 Å². The molecule has 0 fully saturated rings. The van der Waals surface area contributed by atoms with Gasteiger partial charge in [-0.3, -0.25) is 9.97 Å². The van der Waals surface area contributed by atoms with Crippen molar-refractivity contribution in [2.75, 3.05) is 0 Å². The van der Waals surface area contributed by atoms with E-state index >= 15 is 0 Å². The lowest BCUT2D eigenvalue weighted by Gasteiger charge is -2.09. The summed E-state index contributed by atoms with van der Waals surface area (Å²) in [5.41, 5.74) is 0.814. The highest BCUT2D eigenvalue weighted by molar-refractivity contribution is 6.33. The van der Waals surface area contributed by atoms with Crippen LogP contribution in [0.1, 0.15) is 11.3 Å². The number of alkyl halides is 3. The Morgan fingerprint density at radius 1 is 1.11 bits per heavy atom. The molecular weight excluding hydrogens is 265 g/mol. The summed E-state index contributed by atoms with van der Waals surface area (Å²) in [5.74, 6) is 0. The molecule has 0 N–H and O–H groups in total. The molecule has 0 aliphatic rings. The maximum Gasteiger partial charge on any atom is 0.417 e. The molecule has 2 aromatic heterocycles. The fraction of sp³-hybridized carbons (Fsp3) is 0.167. The molecule has 0 amide bonds. The van der Waals surface area contributed by atoms with Gasteiger partial charge in [0.1, 0.15) is 0 Å². The standard InChI is InChI=1S/C12H8ClF3N2/c1-7-2-3-8(5-17-7)11-10(13)4-9(6-18-11)12(14,15)16/h2-6H,1H3. The number of pyridine rings is 2. The largest absolute Gasteiger partial charge is 0.417 e. The Labute approximate surface area is 106 Å². The first-order chi connectivity index (χ1) is 8.38. The van der Waals surface area contributed by atoms with E-state index in [9.17, 15) is 13.2 Å². The topological polar surface area (TPSA) is 25.8 Å². The van der Waals surface area contributed by atoms with Gasteiger partial charge in [0.2, 0.25) is 0 Å². The van der Waals surface area contributed by atoms with Crippen molar-refractivity contribution < 1.29 is 13.2 Å². The monoisotopic (exact) mass is 272 g/mol. The number of hydrogen-bond acceptors (Lipinski definition) is 2. The average molecular weight is 273 g/mol. The second-order valence-electron chi connectivity index (χ2n) is 3.74. The molecule has 6 heteroatoms. The van der Waals surface area contributed by atoms with Crippen molar-refractivity contribution in [3.05, 3.63) is 46.9 Å². The smallest absolute Gasteiger partial charge is 0.261 e. The highest BCUT2D eigenvalue weighted by atomic mass is 35.5. The van der Waals surface area contributed by atoms with Crippen LogP contribution >= 0.6 is 11.6 Å². The Hall–Kier alpha value is -1.62. The third-order valence-electron chi connectivity index (χ3n) is 2.35. The zero-order valence-corrected chi connectivity index (χ0v) is 10.0. The number of aromatic nitrogens is 2. The Balaban J connectivity index is 2.45. The van der Waals surface area contributed by atoms with Crippen LogP contribution in [0.5, 0.6) is 0 Å². The molecule has 18 heavy (non-hydrogen) atoms. The lowest BCUT2D eigenvalue weighted by atomic mass is 10.1. The minimum absolute atomic E-state index is 0.0459. The number of halogens is 4. The maximum absolute atomic E-state index is 12.4. The fourth-order valence-electron chi connectivity index (χ4n) is 1.41. The molecular formula is C12H8ClF3N2. The van der Waals surface area contributed by atoms with Crippen molar-refractivity contribution in [1.82, 2.24) is 9.97 Å². The van der Waals surface area contributed by atoms with Crippen molar-refractivity contribution in [3.63, 3.8) is 0 Å². The summed E-state index contributed by atoms with van der Waals surface area (Å²) in [6.45, 7) is 1.81. The Morgan fingerprint density at radius 3 is 2.33 bits per heavy atom. The zero-order valence-electron chi connectivity index (χ0n) is 9.29. The molecule has 0 saturated carbocycles. The van der Waals surface area contributed by atoms with Crippen LogP contribution in [-0.2, 0) is 6.18 Å². The van der Waals surface area contributed by atoms with Crippen molar-refractivity contribution in [3.8, 4) is 11.3 Å². The molecule has 2 rings (SSSR count). The third-order valence-corrected chi connectivity index (χ3v) is 2.64. The van der Waals surface area contributed by atoms with Crippen molar-refractivity contribution >= 4 is 11.6 Å².